The van der Waals surface area contributed by atoms with E-state index in [4.69, 9.17) is 25.6 Å². The van der Waals surface area contributed by atoms with Gasteiger partial charge in [-0.05, 0) is 6.92 Å². The first-order chi connectivity index (χ1) is 14.1. The Morgan fingerprint density at radius 2 is 2.28 bits per heavy atom. The first-order valence-corrected chi connectivity index (χ1v) is 9.36. The van der Waals surface area contributed by atoms with Crippen LogP contribution in [0.15, 0.2) is 27.9 Å². The average Bonchev–Trinajstić information content (AvgIpc) is 3.31. The average molecular weight is 419 g/mol. The smallest absolute Gasteiger partial charge is 0.285 e. The maximum absolute atomic E-state index is 11.7. The van der Waals surface area contributed by atoms with E-state index in [0.29, 0.717) is 48.4 Å². The summed E-state index contributed by atoms with van der Waals surface area (Å²) in [5.74, 6) is 1.09. The summed E-state index contributed by atoms with van der Waals surface area (Å²) in [4.78, 5) is 22.2. The molecule has 0 amide bonds. The van der Waals surface area contributed by atoms with Crippen molar-refractivity contribution in [2.45, 2.75) is 26.1 Å². The number of methoxy groups -OCH3 is 1. The van der Waals surface area contributed by atoms with Gasteiger partial charge < -0.3 is 18.9 Å². The molecule has 152 valence electrons. The number of ether oxygens (including phenoxy) is 2. The van der Waals surface area contributed by atoms with Crippen LogP contribution in [0.5, 0.6) is 5.88 Å². The summed E-state index contributed by atoms with van der Waals surface area (Å²) in [6, 6.07) is 1.75. The van der Waals surface area contributed by atoms with Gasteiger partial charge in [0, 0.05) is 26.1 Å². The van der Waals surface area contributed by atoms with Gasteiger partial charge in [0.15, 0.2) is 0 Å². The molecule has 0 saturated carbocycles. The summed E-state index contributed by atoms with van der Waals surface area (Å²) >= 11 is 6.10. The van der Waals surface area contributed by atoms with Crippen molar-refractivity contribution < 1.29 is 14.0 Å². The molecule has 29 heavy (non-hydrogen) atoms. The molecule has 10 nitrogen and oxygen atoms in total. The summed E-state index contributed by atoms with van der Waals surface area (Å²) in [5, 5.41) is 10.3. The Hall–Kier alpha value is -2.98. The van der Waals surface area contributed by atoms with Crippen molar-refractivity contribution in [2.75, 3.05) is 25.1 Å². The molecule has 1 atom stereocenters. The quantitative estimate of drug-likeness (QED) is 0.640. The fraction of sp³-hybridized carbons (Fsp3) is 0.389. The number of nitrogens with zero attached hydrogens (tertiary/aromatic N) is 5. The third-order valence-electron chi connectivity index (χ3n) is 4.66. The lowest BCUT2D eigenvalue weighted by Crippen LogP contribution is -2.26. The van der Waals surface area contributed by atoms with Crippen LogP contribution in [0, 0.1) is 6.92 Å². The largest absolute Gasteiger partial charge is 0.472 e. The zero-order valence-corrected chi connectivity index (χ0v) is 16.6. The van der Waals surface area contributed by atoms with Crippen LogP contribution < -0.4 is 15.2 Å². The topological polar surface area (TPSA) is 119 Å². The highest BCUT2D eigenvalue weighted by Gasteiger charge is 2.27. The fourth-order valence-corrected chi connectivity index (χ4v) is 3.54. The number of hydrogen-bond donors (Lipinski definition) is 1. The van der Waals surface area contributed by atoms with Crippen molar-refractivity contribution in [1.29, 1.82) is 0 Å². The molecule has 1 saturated heterocycles. The van der Waals surface area contributed by atoms with Gasteiger partial charge in [-0.3, -0.25) is 4.79 Å². The monoisotopic (exact) mass is 418 g/mol. The molecule has 1 aliphatic rings. The number of aryl methyl sites for hydroxylation is 1. The zero-order chi connectivity index (χ0) is 20.4. The number of hydrogen-bond acceptors (Lipinski definition) is 9. The number of aromatic amines is 1. The van der Waals surface area contributed by atoms with E-state index >= 15 is 0 Å². The van der Waals surface area contributed by atoms with Gasteiger partial charge >= 0.3 is 0 Å². The maximum atomic E-state index is 11.7. The normalized spacial score (nSPS) is 16.4. The zero-order valence-electron chi connectivity index (χ0n) is 15.9. The molecular weight excluding hydrogens is 400 g/mol. The minimum Gasteiger partial charge on any atom is -0.472 e. The van der Waals surface area contributed by atoms with Crippen molar-refractivity contribution in [1.82, 2.24) is 25.3 Å². The Morgan fingerprint density at radius 1 is 1.41 bits per heavy atom. The van der Waals surface area contributed by atoms with Gasteiger partial charge in [0.1, 0.15) is 28.9 Å². The van der Waals surface area contributed by atoms with Crippen molar-refractivity contribution in [3.63, 3.8) is 0 Å². The molecule has 1 unspecified atom stereocenters. The van der Waals surface area contributed by atoms with Crippen LogP contribution in [-0.2, 0) is 11.3 Å². The van der Waals surface area contributed by atoms with Gasteiger partial charge in [-0.25, -0.2) is 15.1 Å². The Morgan fingerprint density at radius 3 is 3.10 bits per heavy atom. The molecule has 3 aromatic rings. The highest BCUT2D eigenvalue weighted by molar-refractivity contribution is 6.33. The molecule has 0 radical (unpaired) electrons. The van der Waals surface area contributed by atoms with Gasteiger partial charge in [0.25, 0.3) is 5.56 Å². The van der Waals surface area contributed by atoms with Crippen LogP contribution in [-0.4, -0.2) is 51.6 Å². The second-order valence-corrected chi connectivity index (χ2v) is 6.99. The molecule has 1 aliphatic heterocycles. The third-order valence-corrected chi connectivity index (χ3v) is 5.03. The molecule has 1 fully saturated rings. The van der Waals surface area contributed by atoms with Crippen molar-refractivity contribution in [3.05, 3.63) is 45.4 Å². The molecule has 3 aromatic heterocycles. The van der Waals surface area contributed by atoms with Crippen molar-refractivity contribution in [2.24, 2.45) is 0 Å². The van der Waals surface area contributed by atoms with Gasteiger partial charge in [-0.1, -0.05) is 16.8 Å². The number of anilines is 1. The van der Waals surface area contributed by atoms with Crippen LogP contribution in [0.3, 0.4) is 0 Å². The van der Waals surface area contributed by atoms with Gasteiger partial charge in [0.2, 0.25) is 5.88 Å². The number of aromatic nitrogens is 5. The van der Waals surface area contributed by atoms with Crippen LogP contribution in [0.25, 0.3) is 11.3 Å². The molecule has 0 spiro atoms. The predicted molar refractivity (Wildman–Crippen MR) is 104 cm³/mol. The Labute approximate surface area is 170 Å². The van der Waals surface area contributed by atoms with E-state index in [2.05, 4.69) is 25.3 Å². The van der Waals surface area contributed by atoms with Crippen molar-refractivity contribution in [3.8, 4) is 17.1 Å². The number of H-pyrrole nitrogens is 1. The Kier molecular flexibility index (Phi) is 5.45. The molecular formula is C18H19ClN6O4. The highest BCUT2D eigenvalue weighted by atomic mass is 35.5. The number of halogens is 1. The lowest BCUT2D eigenvalue weighted by atomic mass is 10.1. The summed E-state index contributed by atoms with van der Waals surface area (Å²) in [7, 11) is 1.59. The van der Waals surface area contributed by atoms with Gasteiger partial charge in [0.05, 0.1) is 36.3 Å². The molecule has 0 bridgehead atoms. The minimum absolute atomic E-state index is 0.116. The molecule has 4 rings (SSSR count). The van der Waals surface area contributed by atoms with Crippen LogP contribution in [0.2, 0.25) is 5.02 Å². The van der Waals surface area contributed by atoms with E-state index < -0.39 is 5.56 Å². The Balaban J connectivity index is 1.50. The first kappa shape index (κ1) is 19.3. The number of nitrogens with one attached hydrogen (secondary N) is 1. The maximum Gasteiger partial charge on any atom is 0.285 e. The van der Waals surface area contributed by atoms with Crippen molar-refractivity contribution >= 4 is 17.3 Å². The highest BCUT2D eigenvalue weighted by Crippen LogP contribution is 2.29. The lowest BCUT2D eigenvalue weighted by molar-refractivity contribution is 0.177. The molecule has 1 N–H and O–H groups in total. The van der Waals surface area contributed by atoms with Crippen LogP contribution in [0.4, 0.5) is 5.69 Å². The summed E-state index contributed by atoms with van der Waals surface area (Å²) in [6.07, 6.45) is 3.62. The number of rotatable bonds is 6. The second kappa shape index (κ2) is 8.18. The van der Waals surface area contributed by atoms with E-state index in [0.717, 1.165) is 12.0 Å². The summed E-state index contributed by atoms with van der Waals surface area (Å²) in [5.41, 5.74) is 2.27. The second-order valence-electron chi connectivity index (χ2n) is 6.61. The lowest BCUT2D eigenvalue weighted by Gasteiger charge is -2.19. The van der Waals surface area contributed by atoms with E-state index in [1.807, 2.05) is 11.8 Å². The minimum atomic E-state index is -0.412. The molecule has 11 heteroatoms. The van der Waals surface area contributed by atoms with E-state index in [1.165, 1.54) is 6.33 Å². The van der Waals surface area contributed by atoms with Gasteiger partial charge in [-0.15, -0.1) is 0 Å². The Bertz CT molecular complexity index is 1070. The fourth-order valence-electron chi connectivity index (χ4n) is 3.33. The first-order valence-electron chi connectivity index (χ1n) is 8.98. The summed E-state index contributed by atoms with van der Waals surface area (Å²) in [6.45, 7) is 3.38. The molecule has 0 aromatic carbocycles. The molecule has 0 aliphatic carbocycles. The molecule has 4 heterocycles. The summed E-state index contributed by atoms with van der Waals surface area (Å²) < 4.78 is 16.5. The SMILES string of the molecule is COCc1noc(C)c1-c1cc(OC2CCN(c3cn[nH]c(=O)c3Cl)C2)ncn1. The van der Waals surface area contributed by atoms with Gasteiger partial charge in [-0.2, -0.15) is 5.10 Å². The third kappa shape index (κ3) is 3.94. The van der Waals surface area contributed by atoms with E-state index in [-0.39, 0.29) is 11.1 Å². The van der Waals surface area contributed by atoms with E-state index in [9.17, 15) is 4.79 Å². The van der Waals surface area contributed by atoms with Crippen LogP contribution >= 0.6 is 11.6 Å². The van der Waals surface area contributed by atoms with Crippen LogP contribution in [0.1, 0.15) is 17.9 Å². The van der Waals surface area contributed by atoms with E-state index in [1.54, 1.807) is 19.4 Å². The predicted octanol–water partition coefficient (Wildman–Crippen LogP) is 1.98. The standard InChI is InChI=1S/C18H19ClN6O4/c1-10-16(13(8-27-2)24-29-10)12-5-15(21-9-20-12)28-11-3-4-25(7-11)14-6-22-23-18(26)17(14)19/h5-6,9,11H,3-4,7-8H2,1-2H3,(H,23,26).